The van der Waals surface area contributed by atoms with E-state index in [1.165, 1.54) is 19.2 Å². The molecule has 5 heteroatoms. The van der Waals surface area contributed by atoms with Crippen LogP contribution in [0.25, 0.3) is 0 Å². The number of aromatic hydroxyl groups is 1. The molecule has 0 saturated heterocycles. The van der Waals surface area contributed by atoms with Crippen molar-refractivity contribution in [1.82, 2.24) is 5.32 Å². The van der Waals surface area contributed by atoms with E-state index in [-0.39, 0.29) is 18.2 Å². The van der Waals surface area contributed by atoms with E-state index in [1.54, 1.807) is 6.07 Å². The molecule has 0 bridgehead atoms. The quantitative estimate of drug-likeness (QED) is 0.846. The summed E-state index contributed by atoms with van der Waals surface area (Å²) in [5.41, 5.74) is 0.330. The van der Waals surface area contributed by atoms with Gasteiger partial charge in [0, 0.05) is 10.6 Å². The predicted octanol–water partition coefficient (Wildman–Crippen LogP) is 1.88. The smallest absolute Gasteiger partial charge is 0.251 e. The summed E-state index contributed by atoms with van der Waals surface area (Å²) >= 11 is 5.51. The van der Waals surface area contributed by atoms with Gasteiger partial charge in [0.1, 0.15) is 0 Å². The number of carbonyl (C=O) groups is 1. The number of nitrogens with one attached hydrogen (secondary N) is 1. The zero-order valence-electron chi connectivity index (χ0n) is 8.79. The lowest BCUT2D eigenvalue weighted by Crippen LogP contribution is -2.24. The van der Waals surface area contributed by atoms with Crippen molar-refractivity contribution in [1.29, 1.82) is 0 Å². The number of rotatable bonds is 4. The van der Waals surface area contributed by atoms with Gasteiger partial charge in [0.2, 0.25) is 0 Å². The summed E-state index contributed by atoms with van der Waals surface area (Å²) in [5.74, 6) is -0.0992. The lowest BCUT2D eigenvalue weighted by molar-refractivity contribution is 0.0957. The fraction of sp³-hybridized carbons (Fsp3) is 0.182. The summed E-state index contributed by atoms with van der Waals surface area (Å²) in [4.78, 5) is 11.5. The van der Waals surface area contributed by atoms with Crippen molar-refractivity contribution in [3.63, 3.8) is 0 Å². The molecule has 0 aromatic heterocycles. The van der Waals surface area contributed by atoms with Crippen molar-refractivity contribution in [2.75, 3.05) is 13.7 Å². The minimum atomic E-state index is -0.334. The Morgan fingerprint density at radius 3 is 2.81 bits per heavy atom. The second kappa shape index (κ2) is 5.42. The third kappa shape index (κ3) is 3.17. The van der Waals surface area contributed by atoms with Gasteiger partial charge in [0.15, 0.2) is 11.5 Å². The Morgan fingerprint density at radius 2 is 2.31 bits per heavy atom. The molecule has 0 unspecified atom stereocenters. The molecule has 0 aliphatic carbocycles. The van der Waals surface area contributed by atoms with E-state index in [1.807, 2.05) is 0 Å². The third-order valence-electron chi connectivity index (χ3n) is 1.88. The average Bonchev–Trinajstić information content (AvgIpc) is 2.25. The Kier molecular flexibility index (Phi) is 4.19. The standard InChI is InChI=1S/C11H12ClNO3/c1-7(12)6-13-11(15)8-3-4-10(16-2)9(14)5-8/h3-5,14H,1,6H2,2H3,(H,13,15). The van der Waals surface area contributed by atoms with E-state index in [9.17, 15) is 9.90 Å². The van der Waals surface area contributed by atoms with Gasteiger partial charge in [-0.25, -0.2) is 0 Å². The Hall–Kier alpha value is -1.68. The molecule has 86 valence electrons. The van der Waals surface area contributed by atoms with Crippen LogP contribution in [0, 0.1) is 0 Å². The maximum atomic E-state index is 11.5. The van der Waals surface area contributed by atoms with Crippen LogP contribution in [0.5, 0.6) is 11.5 Å². The van der Waals surface area contributed by atoms with Crippen LogP contribution in [0.3, 0.4) is 0 Å². The average molecular weight is 242 g/mol. The fourth-order valence-corrected chi connectivity index (χ4v) is 1.18. The molecule has 1 amide bonds. The van der Waals surface area contributed by atoms with Crippen molar-refractivity contribution in [3.05, 3.63) is 35.4 Å². The first-order valence-electron chi connectivity index (χ1n) is 4.53. The Bertz CT molecular complexity index is 418. The topological polar surface area (TPSA) is 58.6 Å². The summed E-state index contributed by atoms with van der Waals surface area (Å²) in [6.07, 6.45) is 0. The van der Waals surface area contributed by atoms with Crippen LogP contribution in [0.2, 0.25) is 0 Å². The highest BCUT2D eigenvalue weighted by atomic mass is 35.5. The number of ether oxygens (including phenoxy) is 1. The summed E-state index contributed by atoms with van der Waals surface area (Å²) in [5, 5.41) is 12.3. The summed E-state index contributed by atoms with van der Waals surface area (Å²) in [6, 6.07) is 4.38. The molecule has 0 atom stereocenters. The molecule has 1 rings (SSSR count). The number of hydrogen-bond acceptors (Lipinski definition) is 3. The number of phenolic OH excluding ortho intramolecular Hbond substituents is 1. The van der Waals surface area contributed by atoms with Crippen LogP contribution in [0.1, 0.15) is 10.4 Å². The number of amides is 1. The zero-order chi connectivity index (χ0) is 12.1. The van der Waals surface area contributed by atoms with Gasteiger partial charge >= 0.3 is 0 Å². The van der Waals surface area contributed by atoms with E-state index in [0.29, 0.717) is 16.3 Å². The first-order chi connectivity index (χ1) is 7.54. The highest BCUT2D eigenvalue weighted by Crippen LogP contribution is 2.26. The molecule has 2 N–H and O–H groups in total. The molecule has 0 aliphatic rings. The van der Waals surface area contributed by atoms with E-state index in [2.05, 4.69) is 11.9 Å². The lowest BCUT2D eigenvalue weighted by Gasteiger charge is -2.06. The van der Waals surface area contributed by atoms with Crippen molar-refractivity contribution < 1.29 is 14.6 Å². The number of methoxy groups -OCH3 is 1. The van der Waals surface area contributed by atoms with Crippen LogP contribution >= 0.6 is 11.6 Å². The fourth-order valence-electron chi connectivity index (χ4n) is 1.11. The van der Waals surface area contributed by atoms with Gasteiger partial charge < -0.3 is 15.2 Å². The Labute approximate surface area is 98.5 Å². The third-order valence-corrected chi connectivity index (χ3v) is 2.02. The van der Waals surface area contributed by atoms with Crippen molar-refractivity contribution >= 4 is 17.5 Å². The molecule has 16 heavy (non-hydrogen) atoms. The SMILES string of the molecule is C=C(Cl)CNC(=O)c1ccc(OC)c(O)c1. The summed E-state index contributed by atoms with van der Waals surface area (Å²) in [7, 11) is 1.44. The predicted molar refractivity (Wildman–Crippen MR) is 62.0 cm³/mol. The molecule has 0 heterocycles. The number of carbonyl (C=O) groups excluding carboxylic acids is 1. The summed E-state index contributed by atoms with van der Waals surface area (Å²) in [6.45, 7) is 3.63. The second-order valence-electron chi connectivity index (χ2n) is 3.09. The molecule has 1 aromatic carbocycles. The van der Waals surface area contributed by atoms with Crippen molar-refractivity contribution in [2.45, 2.75) is 0 Å². The summed E-state index contributed by atoms with van der Waals surface area (Å²) < 4.78 is 4.86. The number of phenols is 1. The van der Waals surface area contributed by atoms with E-state index in [0.717, 1.165) is 0 Å². The number of hydrogen-bond donors (Lipinski definition) is 2. The van der Waals surface area contributed by atoms with Gasteiger partial charge in [-0.1, -0.05) is 18.2 Å². The normalized spacial score (nSPS) is 9.62. The van der Waals surface area contributed by atoms with E-state index >= 15 is 0 Å². The van der Waals surface area contributed by atoms with Gasteiger partial charge in [0.05, 0.1) is 13.7 Å². The largest absolute Gasteiger partial charge is 0.504 e. The van der Waals surface area contributed by atoms with Gasteiger partial charge in [0.25, 0.3) is 5.91 Å². The molecular formula is C11H12ClNO3. The van der Waals surface area contributed by atoms with E-state index in [4.69, 9.17) is 16.3 Å². The van der Waals surface area contributed by atoms with Crippen LogP contribution in [-0.4, -0.2) is 24.7 Å². The molecule has 1 aromatic rings. The second-order valence-corrected chi connectivity index (χ2v) is 3.62. The zero-order valence-corrected chi connectivity index (χ0v) is 9.54. The highest BCUT2D eigenvalue weighted by Gasteiger charge is 2.08. The van der Waals surface area contributed by atoms with Gasteiger partial charge in [-0.3, -0.25) is 4.79 Å². The van der Waals surface area contributed by atoms with Crippen LogP contribution in [-0.2, 0) is 0 Å². The van der Waals surface area contributed by atoms with Gasteiger partial charge in [-0.05, 0) is 18.2 Å². The van der Waals surface area contributed by atoms with Crippen molar-refractivity contribution in [2.24, 2.45) is 0 Å². The molecule has 0 aliphatic heterocycles. The van der Waals surface area contributed by atoms with E-state index < -0.39 is 0 Å². The van der Waals surface area contributed by atoms with Crippen LogP contribution < -0.4 is 10.1 Å². The van der Waals surface area contributed by atoms with Crippen molar-refractivity contribution in [3.8, 4) is 11.5 Å². The molecule has 0 saturated carbocycles. The monoisotopic (exact) mass is 241 g/mol. The molecule has 0 radical (unpaired) electrons. The molecular weight excluding hydrogens is 230 g/mol. The van der Waals surface area contributed by atoms with Gasteiger partial charge in [-0.15, -0.1) is 0 Å². The minimum absolute atomic E-state index is 0.0835. The first kappa shape index (κ1) is 12.4. The van der Waals surface area contributed by atoms with Crippen LogP contribution in [0.4, 0.5) is 0 Å². The highest BCUT2D eigenvalue weighted by molar-refractivity contribution is 6.29. The van der Waals surface area contributed by atoms with Crippen LogP contribution in [0.15, 0.2) is 29.8 Å². The Balaban J connectivity index is 2.77. The Morgan fingerprint density at radius 1 is 1.62 bits per heavy atom. The number of benzene rings is 1. The molecule has 0 spiro atoms. The maximum absolute atomic E-state index is 11.5. The lowest BCUT2D eigenvalue weighted by atomic mass is 10.2. The molecule has 0 fully saturated rings. The molecule has 4 nitrogen and oxygen atoms in total. The number of halogens is 1. The maximum Gasteiger partial charge on any atom is 0.251 e. The van der Waals surface area contributed by atoms with Gasteiger partial charge in [-0.2, -0.15) is 0 Å². The minimum Gasteiger partial charge on any atom is -0.504 e. The first-order valence-corrected chi connectivity index (χ1v) is 4.91.